The van der Waals surface area contributed by atoms with Crippen LogP contribution in [0.25, 0.3) is 21.2 Å². The van der Waals surface area contributed by atoms with Gasteiger partial charge < -0.3 is 11.1 Å². The molecule has 1 atom stereocenters. The van der Waals surface area contributed by atoms with Gasteiger partial charge in [0.1, 0.15) is 5.69 Å². The van der Waals surface area contributed by atoms with Crippen molar-refractivity contribution in [1.29, 1.82) is 0 Å². The van der Waals surface area contributed by atoms with Gasteiger partial charge in [0, 0.05) is 30.4 Å². The van der Waals surface area contributed by atoms with Gasteiger partial charge in [-0.3, -0.25) is 4.98 Å². The summed E-state index contributed by atoms with van der Waals surface area (Å²) in [7, 11) is 0. The quantitative estimate of drug-likeness (QED) is 0.275. The van der Waals surface area contributed by atoms with E-state index in [1.165, 1.54) is 23.5 Å². The molecule has 1 aliphatic rings. The highest BCUT2D eigenvalue weighted by atomic mass is 32.1. The Morgan fingerprint density at radius 1 is 1.05 bits per heavy atom. The van der Waals surface area contributed by atoms with E-state index in [2.05, 4.69) is 40.4 Å². The molecule has 0 amide bonds. The molecular weight excluding hydrogens is 493 g/mol. The van der Waals surface area contributed by atoms with E-state index in [1.54, 1.807) is 6.20 Å². The molecule has 1 aliphatic carbocycles. The fourth-order valence-electron chi connectivity index (χ4n) is 4.25. The van der Waals surface area contributed by atoms with Gasteiger partial charge >= 0.3 is 6.18 Å². The number of alkyl halides is 3. The molecule has 0 saturated carbocycles. The normalized spacial score (nSPS) is 14.2. The van der Waals surface area contributed by atoms with Gasteiger partial charge in [-0.2, -0.15) is 13.2 Å². The second-order valence-corrected chi connectivity index (χ2v) is 10.0. The van der Waals surface area contributed by atoms with Crippen molar-refractivity contribution in [2.45, 2.75) is 37.9 Å². The van der Waals surface area contributed by atoms with Crippen molar-refractivity contribution in [3.05, 3.63) is 89.4 Å². The number of anilines is 1. The first kappa shape index (κ1) is 25.0. The maximum absolute atomic E-state index is 12.8. The van der Waals surface area contributed by atoms with Crippen molar-refractivity contribution >= 4 is 27.2 Å². The number of halogens is 3. The van der Waals surface area contributed by atoms with Crippen LogP contribution >= 0.6 is 11.3 Å². The van der Waals surface area contributed by atoms with E-state index in [4.69, 9.17) is 10.7 Å². The van der Waals surface area contributed by atoms with Crippen LogP contribution in [0.1, 0.15) is 36.1 Å². The molecule has 0 fully saturated rings. The number of benzene rings is 2. The predicted molar refractivity (Wildman–Crippen MR) is 143 cm³/mol. The molecule has 0 unspecified atom stereocenters. The minimum atomic E-state index is -4.35. The van der Waals surface area contributed by atoms with Crippen LogP contribution < -0.4 is 11.1 Å². The molecule has 0 radical (unpaired) electrons. The lowest BCUT2D eigenvalue weighted by molar-refractivity contribution is -0.137. The molecule has 2 aromatic carbocycles. The van der Waals surface area contributed by atoms with Gasteiger partial charge in [-0.25, -0.2) is 4.98 Å². The molecule has 5 rings (SSSR count). The first-order valence-electron chi connectivity index (χ1n) is 12.1. The van der Waals surface area contributed by atoms with Gasteiger partial charge in [0.2, 0.25) is 0 Å². The van der Waals surface area contributed by atoms with E-state index in [-0.39, 0.29) is 6.04 Å². The minimum absolute atomic E-state index is 0.296. The van der Waals surface area contributed by atoms with E-state index < -0.39 is 11.7 Å². The molecule has 2 aromatic heterocycles. The van der Waals surface area contributed by atoms with E-state index in [9.17, 15) is 13.2 Å². The Hall–Kier alpha value is -3.67. The zero-order chi connectivity index (χ0) is 25.8. The van der Waals surface area contributed by atoms with Crippen LogP contribution in [0.3, 0.4) is 0 Å². The Bertz CT molecular complexity index is 1490. The van der Waals surface area contributed by atoms with E-state index >= 15 is 0 Å². The zero-order valence-electron chi connectivity index (χ0n) is 20.0. The number of nitrogens with two attached hydrogens (primary N) is 1. The molecule has 4 aromatic rings. The maximum atomic E-state index is 12.8. The molecule has 0 saturated heterocycles. The van der Waals surface area contributed by atoms with E-state index in [1.807, 2.05) is 18.3 Å². The number of thiazole rings is 1. The number of allylic oxidation sites excluding steroid dienone is 2. The number of nitrogens with one attached hydrogen (secondary N) is 1. The first-order chi connectivity index (χ1) is 17.8. The number of nitrogens with zero attached hydrogens (tertiary/aromatic N) is 2. The zero-order valence-corrected chi connectivity index (χ0v) is 20.8. The highest BCUT2D eigenvalue weighted by Gasteiger charge is 2.30. The lowest BCUT2D eigenvalue weighted by Crippen LogP contribution is -2.31. The summed E-state index contributed by atoms with van der Waals surface area (Å²) in [6.45, 7) is 0.426. The van der Waals surface area contributed by atoms with Gasteiger partial charge in [-0.15, -0.1) is 0 Å². The van der Waals surface area contributed by atoms with E-state index in [0.29, 0.717) is 23.8 Å². The van der Waals surface area contributed by atoms with Crippen LogP contribution in [-0.2, 0) is 12.6 Å². The van der Waals surface area contributed by atoms with E-state index in [0.717, 1.165) is 63.7 Å². The number of fused-ring (bicyclic) bond motifs is 1. The third kappa shape index (κ3) is 6.19. The summed E-state index contributed by atoms with van der Waals surface area (Å²) in [4.78, 5) is 9.92. The number of rotatable bonds is 6. The van der Waals surface area contributed by atoms with Crippen molar-refractivity contribution in [3.8, 4) is 22.3 Å². The summed E-state index contributed by atoms with van der Waals surface area (Å²) < 4.78 is 38.4. The Kier molecular flexibility index (Phi) is 7.26. The summed E-state index contributed by atoms with van der Waals surface area (Å²) in [5.41, 5.74) is 9.27. The summed E-state index contributed by atoms with van der Waals surface area (Å²) in [5.74, 6) is 6.56. The molecule has 8 heteroatoms. The van der Waals surface area contributed by atoms with Crippen LogP contribution in [0.2, 0.25) is 0 Å². The molecule has 3 N–H and O–H groups in total. The van der Waals surface area contributed by atoms with Crippen molar-refractivity contribution in [3.63, 3.8) is 0 Å². The molecule has 188 valence electrons. The van der Waals surface area contributed by atoms with Crippen LogP contribution in [0.15, 0.2) is 72.6 Å². The van der Waals surface area contributed by atoms with Gasteiger partial charge in [-0.1, -0.05) is 47.6 Å². The molecule has 37 heavy (non-hydrogen) atoms. The van der Waals surface area contributed by atoms with Crippen LogP contribution in [-0.4, -0.2) is 22.6 Å². The molecule has 0 spiro atoms. The highest BCUT2D eigenvalue weighted by Crippen LogP contribution is 2.35. The van der Waals surface area contributed by atoms with Gasteiger partial charge in [0.05, 0.1) is 10.4 Å². The SMILES string of the molecule is N[C@H](CNc1nc(C#CC2=CCCC2)c(-c2ccc3cnccc3c2)s1)Cc1ccc(C(F)(F)F)cc1. The number of hydrogen-bond donors (Lipinski definition) is 2. The fourth-order valence-corrected chi connectivity index (χ4v) is 5.17. The largest absolute Gasteiger partial charge is 0.416 e. The molecule has 2 heterocycles. The van der Waals surface area contributed by atoms with Crippen LogP contribution in [0.4, 0.5) is 18.3 Å². The Morgan fingerprint density at radius 3 is 2.65 bits per heavy atom. The topological polar surface area (TPSA) is 63.8 Å². The second kappa shape index (κ2) is 10.8. The highest BCUT2D eigenvalue weighted by molar-refractivity contribution is 7.19. The number of aromatic nitrogens is 2. The third-order valence-electron chi connectivity index (χ3n) is 6.21. The van der Waals surface area contributed by atoms with Gasteiger partial charge in [0.15, 0.2) is 5.13 Å². The van der Waals surface area contributed by atoms with Crippen molar-refractivity contribution < 1.29 is 13.2 Å². The lowest BCUT2D eigenvalue weighted by atomic mass is 10.0. The van der Waals surface area contributed by atoms with Gasteiger partial charge in [-0.05, 0) is 78.0 Å². The van der Waals surface area contributed by atoms with Crippen molar-refractivity contribution in [2.75, 3.05) is 11.9 Å². The molecule has 0 bridgehead atoms. The molecule has 0 aliphatic heterocycles. The average Bonchev–Trinajstić information content (AvgIpc) is 3.56. The Labute approximate surface area is 217 Å². The monoisotopic (exact) mass is 518 g/mol. The lowest BCUT2D eigenvalue weighted by Gasteiger charge is -2.13. The smallest absolute Gasteiger partial charge is 0.360 e. The maximum Gasteiger partial charge on any atom is 0.416 e. The minimum Gasteiger partial charge on any atom is -0.360 e. The summed E-state index contributed by atoms with van der Waals surface area (Å²) in [5, 5.41) is 6.16. The Balaban J connectivity index is 1.33. The third-order valence-corrected chi connectivity index (χ3v) is 7.27. The fraction of sp³-hybridized carbons (Fsp3) is 0.241. The average molecular weight is 519 g/mol. The molecule has 4 nitrogen and oxygen atoms in total. The van der Waals surface area contributed by atoms with Crippen LogP contribution in [0.5, 0.6) is 0 Å². The standard InChI is InChI=1S/C29H25F3N4S/c30-29(31,32)24-10-5-20(6-11-24)15-25(33)18-35-28-36-26(12-7-19-3-1-2-4-19)27(37-28)22-8-9-23-17-34-14-13-21(23)16-22/h3,5-6,8-11,13-14,16-17,25H,1-2,4,15,18,33H2,(H,35,36)/t25-/m0/s1. The second-order valence-electron chi connectivity index (χ2n) is 9.05. The van der Waals surface area contributed by atoms with Gasteiger partial charge in [0.25, 0.3) is 0 Å². The first-order valence-corrected chi connectivity index (χ1v) is 12.9. The number of hydrogen-bond acceptors (Lipinski definition) is 5. The Morgan fingerprint density at radius 2 is 1.89 bits per heavy atom. The summed E-state index contributed by atoms with van der Waals surface area (Å²) in [6.07, 6.45) is 5.10. The van der Waals surface area contributed by atoms with Crippen molar-refractivity contribution in [1.82, 2.24) is 9.97 Å². The van der Waals surface area contributed by atoms with Crippen molar-refractivity contribution in [2.24, 2.45) is 5.73 Å². The predicted octanol–water partition coefficient (Wildman–Crippen LogP) is 6.82. The molecular formula is C29H25F3N4S. The summed E-state index contributed by atoms with van der Waals surface area (Å²) in [6, 6.07) is 13.0. The number of pyridine rings is 1. The van der Waals surface area contributed by atoms with Crippen LogP contribution in [0, 0.1) is 11.8 Å². The summed E-state index contributed by atoms with van der Waals surface area (Å²) >= 11 is 1.52.